The van der Waals surface area contributed by atoms with E-state index in [0.29, 0.717) is 25.0 Å². The highest BCUT2D eigenvalue weighted by Gasteiger charge is 2.47. The van der Waals surface area contributed by atoms with Gasteiger partial charge in [0.1, 0.15) is 5.78 Å². The molecule has 2 aliphatic rings. The Morgan fingerprint density at radius 1 is 1.00 bits per heavy atom. The van der Waals surface area contributed by atoms with Crippen LogP contribution in [-0.4, -0.2) is 11.6 Å². The van der Waals surface area contributed by atoms with Crippen LogP contribution in [0.3, 0.4) is 0 Å². The van der Waals surface area contributed by atoms with Crippen molar-refractivity contribution in [2.45, 2.75) is 32.1 Å². The van der Waals surface area contributed by atoms with E-state index in [1.807, 2.05) is 18.2 Å². The third-order valence-electron chi connectivity index (χ3n) is 4.25. The number of fused-ring (bicyclic) bond motifs is 1. The number of benzene rings is 1. The first kappa shape index (κ1) is 11.4. The van der Waals surface area contributed by atoms with Gasteiger partial charge in [-0.25, -0.2) is 0 Å². The number of hydrogen-bond donors (Lipinski definition) is 0. The minimum atomic E-state index is -0.366. The molecule has 0 bridgehead atoms. The molecule has 2 nitrogen and oxygen atoms in total. The maximum atomic E-state index is 12.3. The number of allylic oxidation sites excluding steroid dienone is 2. The Morgan fingerprint density at radius 2 is 1.78 bits per heavy atom. The second-order valence-electron chi connectivity index (χ2n) is 5.30. The number of ketones is 2. The van der Waals surface area contributed by atoms with E-state index < -0.39 is 0 Å². The van der Waals surface area contributed by atoms with Gasteiger partial charge in [-0.2, -0.15) is 0 Å². The van der Waals surface area contributed by atoms with E-state index >= 15 is 0 Å². The van der Waals surface area contributed by atoms with Gasteiger partial charge in [0.25, 0.3) is 0 Å². The predicted molar refractivity (Wildman–Crippen MR) is 69.1 cm³/mol. The summed E-state index contributed by atoms with van der Waals surface area (Å²) in [6, 6.07) is 10.1. The highest BCUT2D eigenvalue weighted by Crippen LogP contribution is 2.48. The molecule has 1 fully saturated rings. The lowest BCUT2D eigenvalue weighted by Crippen LogP contribution is -2.33. The number of carbonyl (C=O) groups is 2. The Labute approximate surface area is 107 Å². The van der Waals surface area contributed by atoms with Crippen LogP contribution in [0.4, 0.5) is 0 Å². The van der Waals surface area contributed by atoms with Crippen molar-refractivity contribution in [3.05, 3.63) is 47.5 Å². The van der Waals surface area contributed by atoms with Crippen LogP contribution in [0.2, 0.25) is 0 Å². The number of carbonyl (C=O) groups excluding carboxylic acids is 2. The fraction of sp³-hybridized carbons (Fsp3) is 0.375. The standard InChI is InChI=1S/C16H16O2/c17-14-8-9-16(11-12-4-2-1-3-5-12)13(10-14)6-7-15(16)18/h1-5,10H,6-9,11H2/t16-/m0/s1. The van der Waals surface area contributed by atoms with Crippen LogP contribution in [-0.2, 0) is 16.0 Å². The summed E-state index contributed by atoms with van der Waals surface area (Å²) in [5.74, 6) is 0.508. The molecular formula is C16H16O2. The van der Waals surface area contributed by atoms with Crippen molar-refractivity contribution in [2.24, 2.45) is 5.41 Å². The lowest BCUT2D eigenvalue weighted by atomic mass is 9.69. The molecule has 0 spiro atoms. The molecule has 0 unspecified atom stereocenters. The first-order chi connectivity index (χ1) is 8.71. The fourth-order valence-electron chi connectivity index (χ4n) is 3.26. The first-order valence-electron chi connectivity index (χ1n) is 6.52. The van der Waals surface area contributed by atoms with Crippen molar-refractivity contribution in [2.75, 3.05) is 0 Å². The summed E-state index contributed by atoms with van der Waals surface area (Å²) < 4.78 is 0. The van der Waals surface area contributed by atoms with Gasteiger partial charge in [0, 0.05) is 12.8 Å². The number of hydrogen-bond acceptors (Lipinski definition) is 2. The molecule has 0 amide bonds. The maximum Gasteiger partial charge on any atom is 0.155 e. The van der Waals surface area contributed by atoms with E-state index in [4.69, 9.17) is 0 Å². The molecule has 0 N–H and O–H groups in total. The Bertz CT molecular complexity index is 527. The normalized spacial score (nSPS) is 27.0. The average molecular weight is 240 g/mol. The zero-order valence-corrected chi connectivity index (χ0v) is 10.3. The summed E-state index contributed by atoms with van der Waals surface area (Å²) in [5, 5.41) is 0. The third-order valence-corrected chi connectivity index (χ3v) is 4.25. The van der Waals surface area contributed by atoms with E-state index in [9.17, 15) is 9.59 Å². The van der Waals surface area contributed by atoms with E-state index in [0.717, 1.165) is 18.4 Å². The quantitative estimate of drug-likeness (QED) is 0.796. The molecule has 0 saturated heterocycles. The van der Waals surface area contributed by atoms with Crippen LogP contribution in [0.25, 0.3) is 0 Å². The molecule has 1 atom stereocenters. The molecule has 2 heteroatoms. The molecule has 1 aromatic carbocycles. The Hall–Kier alpha value is -1.70. The van der Waals surface area contributed by atoms with Crippen LogP contribution < -0.4 is 0 Å². The van der Waals surface area contributed by atoms with Gasteiger partial charge in [-0.15, -0.1) is 0 Å². The monoisotopic (exact) mass is 240 g/mol. The predicted octanol–water partition coefficient (Wildman–Crippen LogP) is 2.87. The SMILES string of the molecule is O=C1C=C2CCC(=O)[C@]2(Cc2ccccc2)CC1. The van der Waals surface area contributed by atoms with Crippen molar-refractivity contribution >= 4 is 11.6 Å². The summed E-state index contributed by atoms with van der Waals surface area (Å²) >= 11 is 0. The molecular weight excluding hydrogens is 224 g/mol. The molecule has 3 rings (SSSR count). The topological polar surface area (TPSA) is 34.1 Å². The van der Waals surface area contributed by atoms with Crippen molar-refractivity contribution in [3.63, 3.8) is 0 Å². The Kier molecular flexibility index (Phi) is 2.66. The molecule has 92 valence electrons. The molecule has 18 heavy (non-hydrogen) atoms. The Morgan fingerprint density at radius 3 is 2.56 bits per heavy atom. The van der Waals surface area contributed by atoms with Crippen LogP contribution >= 0.6 is 0 Å². The molecule has 0 aromatic heterocycles. The number of rotatable bonds is 2. The third kappa shape index (κ3) is 1.72. The summed E-state index contributed by atoms with van der Waals surface area (Å²) in [5.41, 5.74) is 1.90. The smallest absolute Gasteiger partial charge is 0.155 e. The average Bonchev–Trinajstić information content (AvgIpc) is 2.69. The zero-order chi connectivity index (χ0) is 12.6. The van der Waals surface area contributed by atoms with Gasteiger partial charge >= 0.3 is 0 Å². The van der Waals surface area contributed by atoms with E-state index in [-0.39, 0.29) is 11.2 Å². The highest BCUT2D eigenvalue weighted by molar-refractivity contribution is 5.99. The van der Waals surface area contributed by atoms with Crippen molar-refractivity contribution in [3.8, 4) is 0 Å². The summed E-state index contributed by atoms with van der Waals surface area (Å²) in [4.78, 5) is 23.8. The van der Waals surface area contributed by atoms with E-state index in [1.54, 1.807) is 6.08 Å². The second kappa shape index (κ2) is 4.20. The highest BCUT2D eigenvalue weighted by atomic mass is 16.1. The largest absolute Gasteiger partial charge is 0.299 e. The minimum Gasteiger partial charge on any atom is -0.299 e. The van der Waals surface area contributed by atoms with Crippen molar-refractivity contribution < 1.29 is 9.59 Å². The van der Waals surface area contributed by atoms with E-state index in [2.05, 4.69) is 12.1 Å². The molecule has 2 aliphatic carbocycles. The second-order valence-corrected chi connectivity index (χ2v) is 5.30. The van der Waals surface area contributed by atoms with Gasteiger partial charge < -0.3 is 0 Å². The lowest BCUT2D eigenvalue weighted by Gasteiger charge is -2.32. The zero-order valence-electron chi connectivity index (χ0n) is 10.3. The minimum absolute atomic E-state index is 0.184. The van der Waals surface area contributed by atoms with Gasteiger partial charge in [-0.05, 0) is 30.9 Å². The molecule has 0 aliphatic heterocycles. The van der Waals surface area contributed by atoms with Crippen molar-refractivity contribution in [1.29, 1.82) is 0 Å². The van der Waals surface area contributed by atoms with E-state index in [1.165, 1.54) is 5.56 Å². The first-order valence-corrected chi connectivity index (χ1v) is 6.52. The summed E-state index contributed by atoms with van der Waals surface area (Å²) in [7, 11) is 0. The maximum absolute atomic E-state index is 12.3. The fourth-order valence-corrected chi connectivity index (χ4v) is 3.26. The van der Waals surface area contributed by atoms with Gasteiger partial charge in [0.2, 0.25) is 0 Å². The summed E-state index contributed by atoms with van der Waals surface area (Å²) in [6.45, 7) is 0. The van der Waals surface area contributed by atoms with Gasteiger partial charge in [0.15, 0.2) is 5.78 Å². The van der Waals surface area contributed by atoms with Gasteiger partial charge in [0.05, 0.1) is 5.41 Å². The Balaban J connectivity index is 1.98. The molecule has 0 radical (unpaired) electrons. The lowest BCUT2D eigenvalue weighted by molar-refractivity contribution is -0.125. The molecule has 1 saturated carbocycles. The van der Waals surface area contributed by atoms with Crippen LogP contribution in [0.1, 0.15) is 31.2 Å². The number of Topliss-reactive ketones (excluding diaryl/α,β-unsaturated/α-hetero) is 1. The summed E-state index contributed by atoms with van der Waals surface area (Å²) in [6.07, 6.45) is 5.08. The van der Waals surface area contributed by atoms with Gasteiger partial charge in [-0.1, -0.05) is 35.9 Å². The molecule has 1 aromatic rings. The molecule has 0 heterocycles. The van der Waals surface area contributed by atoms with Crippen molar-refractivity contribution in [1.82, 2.24) is 0 Å². The van der Waals surface area contributed by atoms with Crippen LogP contribution in [0.15, 0.2) is 42.0 Å². The van der Waals surface area contributed by atoms with Crippen LogP contribution in [0, 0.1) is 5.41 Å². The van der Waals surface area contributed by atoms with Gasteiger partial charge in [-0.3, -0.25) is 9.59 Å². The van der Waals surface area contributed by atoms with Crippen LogP contribution in [0.5, 0.6) is 0 Å².